The number of aliphatic hydroxyl groups excluding tert-OH is 1. The van der Waals surface area contributed by atoms with Gasteiger partial charge in [0.05, 0.1) is 0 Å². The molecule has 3 heteroatoms. The first kappa shape index (κ1) is 17.2. The van der Waals surface area contributed by atoms with E-state index in [1.54, 1.807) is 19.1 Å². The fourth-order valence-electron chi connectivity index (χ4n) is 2.41. The van der Waals surface area contributed by atoms with E-state index in [9.17, 15) is 4.79 Å². The summed E-state index contributed by atoms with van der Waals surface area (Å²) >= 11 is 0. The number of aryl methyl sites for hydroxylation is 1. The number of benzene rings is 2. The van der Waals surface area contributed by atoms with Crippen molar-refractivity contribution in [1.29, 1.82) is 0 Å². The molecule has 23 heavy (non-hydrogen) atoms. The Hall–Kier alpha value is -2.13. The molecule has 0 fully saturated rings. The molecule has 0 aliphatic carbocycles. The third-order valence-electron chi connectivity index (χ3n) is 3.79. The van der Waals surface area contributed by atoms with Gasteiger partial charge in [-0.05, 0) is 68.1 Å². The monoisotopic (exact) mass is 312 g/mol. The van der Waals surface area contributed by atoms with Crippen LogP contribution in [0.4, 0.5) is 0 Å². The minimum absolute atomic E-state index is 0.0555. The Labute approximate surface area is 137 Å². The molecule has 0 radical (unpaired) electrons. The second kappa shape index (κ2) is 9.11. The van der Waals surface area contributed by atoms with Crippen molar-refractivity contribution in [1.82, 2.24) is 0 Å². The summed E-state index contributed by atoms with van der Waals surface area (Å²) in [6.45, 7) is 1.85. The molecule has 2 aromatic carbocycles. The van der Waals surface area contributed by atoms with Gasteiger partial charge in [0, 0.05) is 12.2 Å². The molecule has 0 heterocycles. The average Bonchev–Trinajstić information content (AvgIpc) is 2.57. The van der Waals surface area contributed by atoms with Crippen LogP contribution >= 0.6 is 0 Å². The molecule has 0 aliphatic rings. The van der Waals surface area contributed by atoms with Crippen molar-refractivity contribution in [2.75, 3.05) is 6.61 Å². The lowest BCUT2D eigenvalue weighted by atomic mass is 10.1. The number of aliphatic hydroxyl groups is 1. The molecule has 0 aromatic heterocycles. The molecule has 0 amide bonds. The van der Waals surface area contributed by atoms with Gasteiger partial charge in [-0.25, -0.2) is 0 Å². The van der Waals surface area contributed by atoms with Crippen molar-refractivity contribution in [3.8, 4) is 11.5 Å². The van der Waals surface area contributed by atoms with Crippen LogP contribution in [0.15, 0.2) is 48.5 Å². The van der Waals surface area contributed by atoms with E-state index in [-0.39, 0.29) is 5.78 Å². The predicted octanol–water partition coefficient (Wildman–Crippen LogP) is 4.78. The fraction of sp³-hybridized carbons (Fsp3) is 0.350. The van der Waals surface area contributed by atoms with Crippen molar-refractivity contribution in [2.45, 2.75) is 39.0 Å². The van der Waals surface area contributed by atoms with Gasteiger partial charge in [0.15, 0.2) is 5.78 Å². The molecule has 3 nitrogen and oxygen atoms in total. The smallest absolute Gasteiger partial charge is 0.159 e. The van der Waals surface area contributed by atoms with Crippen LogP contribution in [0.2, 0.25) is 0 Å². The van der Waals surface area contributed by atoms with Crippen LogP contribution in [0, 0.1) is 0 Å². The van der Waals surface area contributed by atoms with Crippen molar-refractivity contribution >= 4 is 5.78 Å². The van der Waals surface area contributed by atoms with Crippen LogP contribution in [0.3, 0.4) is 0 Å². The Morgan fingerprint density at radius 3 is 2.00 bits per heavy atom. The molecule has 0 unspecified atom stereocenters. The van der Waals surface area contributed by atoms with E-state index in [1.807, 2.05) is 24.3 Å². The van der Waals surface area contributed by atoms with Crippen LogP contribution in [0.25, 0.3) is 0 Å². The van der Waals surface area contributed by atoms with Gasteiger partial charge in [0.2, 0.25) is 0 Å². The number of Topliss-reactive ketones (excluding diaryl/α,β-unsaturated/α-hetero) is 1. The van der Waals surface area contributed by atoms with E-state index in [1.165, 1.54) is 5.56 Å². The summed E-state index contributed by atoms with van der Waals surface area (Å²) in [6, 6.07) is 15.3. The lowest BCUT2D eigenvalue weighted by Gasteiger charge is -2.07. The largest absolute Gasteiger partial charge is 0.457 e. The second-order valence-electron chi connectivity index (χ2n) is 5.71. The van der Waals surface area contributed by atoms with E-state index in [4.69, 9.17) is 9.84 Å². The highest BCUT2D eigenvalue weighted by atomic mass is 16.5. The number of ether oxygens (including phenoxy) is 1. The van der Waals surface area contributed by atoms with Crippen LogP contribution in [-0.2, 0) is 6.42 Å². The summed E-state index contributed by atoms with van der Waals surface area (Å²) in [6.07, 6.45) is 5.34. The minimum Gasteiger partial charge on any atom is -0.457 e. The van der Waals surface area contributed by atoms with Crippen molar-refractivity contribution in [2.24, 2.45) is 0 Å². The fourth-order valence-corrected chi connectivity index (χ4v) is 2.41. The molecule has 0 bridgehead atoms. The van der Waals surface area contributed by atoms with Gasteiger partial charge >= 0.3 is 0 Å². The molecule has 0 spiro atoms. The van der Waals surface area contributed by atoms with Gasteiger partial charge in [-0.2, -0.15) is 0 Å². The average molecular weight is 312 g/mol. The lowest BCUT2D eigenvalue weighted by molar-refractivity contribution is 0.101. The van der Waals surface area contributed by atoms with Crippen LogP contribution in [-0.4, -0.2) is 17.5 Å². The van der Waals surface area contributed by atoms with Crippen LogP contribution < -0.4 is 4.74 Å². The highest BCUT2D eigenvalue weighted by Crippen LogP contribution is 2.22. The SMILES string of the molecule is CC(=O)c1ccc(Oc2ccc(CCCCCCO)cc2)cc1. The molecule has 122 valence electrons. The Bertz CT molecular complexity index is 600. The standard InChI is InChI=1S/C20H24O3/c1-16(22)18-9-13-20(14-10-18)23-19-11-7-17(8-12-19)6-4-2-3-5-15-21/h7-14,21H,2-6,15H2,1H3. The maximum atomic E-state index is 11.2. The van der Waals surface area contributed by atoms with Gasteiger partial charge in [-0.1, -0.05) is 25.0 Å². The van der Waals surface area contributed by atoms with Crippen LogP contribution in [0.5, 0.6) is 11.5 Å². The Kier molecular flexibility index (Phi) is 6.82. The maximum Gasteiger partial charge on any atom is 0.159 e. The zero-order valence-corrected chi connectivity index (χ0v) is 13.6. The summed E-state index contributed by atoms with van der Waals surface area (Å²) in [5.74, 6) is 1.58. The molecule has 0 saturated heterocycles. The number of ketones is 1. The number of unbranched alkanes of at least 4 members (excludes halogenated alkanes) is 3. The van der Waals surface area contributed by atoms with E-state index < -0.39 is 0 Å². The molecular weight excluding hydrogens is 288 g/mol. The zero-order valence-electron chi connectivity index (χ0n) is 13.6. The first-order chi connectivity index (χ1) is 11.2. The highest BCUT2D eigenvalue weighted by molar-refractivity contribution is 5.94. The van der Waals surface area contributed by atoms with E-state index in [0.717, 1.165) is 43.6 Å². The van der Waals surface area contributed by atoms with Gasteiger partial charge in [0.25, 0.3) is 0 Å². The molecule has 0 aliphatic heterocycles. The molecule has 1 N–H and O–H groups in total. The van der Waals surface area contributed by atoms with Crippen molar-refractivity contribution in [3.63, 3.8) is 0 Å². The normalized spacial score (nSPS) is 10.5. The summed E-state index contributed by atoms with van der Waals surface area (Å²) in [7, 11) is 0. The number of carbonyl (C=O) groups is 1. The molecular formula is C20H24O3. The van der Waals surface area contributed by atoms with Gasteiger partial charge in [-0.3, -0.25) is 4.79 Å². The topological polar surface area (TPSA) is 46.5 Å². The summed E-state index contributed by atoms with van der Waals surface area (Å²) in [5, 5.41) is 8.75. The van der Waals surface area contributed by atoms with E-state index in [2.05, 4.69) is 12.1 Å². The van der Waals surface area contributed by atoms with Crippen LogP contribution in [0.1, 0.15) is 48.5 Å². The first-order valence-corrected chi connectivity index (χ1v) is 8.17. The number of hydrogen-bond acceptors (Lipinski definition) is 3. The Balaban J connectivity index is 1.83. The quantitative estimate of drug-likeness (QED) is 0.535. The van der Waals surface area contributed by atoms with Gasteiger partial charge in [0.1, 0.15) is 11.5 Å². The van der Waals surface area contributed by atoms with E-state index in [0.29, 0.717) is 12.2 Å². The highest BCUT2D eigenvalue weighted by Gasteiger charge is 2.01. The number of carbonyl (C=O) groups excluding carboxylic acids is 1. The summed E-state index contributed by atoms with van der Waals surface area (Å²) < 4.78 is 5.79. The third kappa shape index (κ3) is 5.87. The van der Waals surface area contributed by atoms with Crippen molar-refractivity contribution < 1.29 is 14.6 Å². The third-order valence-corrected chi connectivity index (χ3v) is 3.79. The maximum absolute atomic E-state index is 11.2. The van der Waals surface area contributed by atoms with Gasteiger partial charge in [-0.15, -0.1) is 0 Å². The molecule has 2 rings (SSSR count). The van der Waals surface area contributed by atoms with Crippen molar-refractivity contribution in [3.05, 3.63) is 59.7 Å². The van der Waals surface area contributed by atoms with Gasteiger partial charge < -0.3 is 9.84 Å². The first-order valence-electron chi connectivity index (χ1n) is 8.17. The summed E-state index contributed by atoms with van der Waals surface area (Å²) in [5.41, 5.74) is 1.99. The lowest BCUT2D eigenvalue weighted by Crippen LogP contribution is -1.92. The van der Waals surface area contributed by atoms with E-state index >= 15 is 0 Å². The number of rotatable bonds is 9. The number of hydrogen-bond donors (Lipinski definition) is 1. The Morgan fingerprint density at radius 2 is 1.43 bits per heavy atom. The zero-order chi connectivity index (χ0) is 16.5. The minimum atomic E-state index is 0.0555. The Morgan fingerprint density at radius 1 is 0.870 bits per heavy atom. The predicted molar refractivity (Wildman–Crippen MR) is 92.2 cm³/mol. The molecule has 0 saturated carbocycles. The summed E-state index contributed by atoms with van der Waals surface area (Å²) in [4.78, 5) is 11.2. The second-order valence-corrected chi connectivity index (χ2v) is 5.71. The molecule has 2 aromatic rings. The molecule has 0 atom stereocenters.